The molecule has 0 aliphatic heterocycles. The maximum absolute atomic E-state index is 13.1. The number of benzene rings is 2. The lowest BCUT2D eigenvalue weighted by molar-refractivity contribution is -0.862. The first-order valence-electron chi connectivity index (χ1n) is 8.18. The highest BCUT2D eigenvalue weighted by Crippen LogP contribution is 2.19. The lowest BCUT2D eigenvalue weighted by atomic mass is 10.1. The fourth-order valence-corrected chi connectivity index (χ4v) is 2.77. The smallest absolute Gasteiger partial charge is 0.279 e. The summed E-state index contributed by atoms with van der Waals surface area (Å²) in [5.74, 6) is -1.00. The van der Waals surface area contributed by atoms with Gasteiger partial charge in [0.2, 0.25) is 0 Å². The van der Waals surface area contributed by atoms with Gasteiger partial charge in [-0.15, -0.1) is 0 Å². The highest BCUT2D eigenvalue weighted by Gasteiger charge is 2.16. The van der Waals surface area contributed by atoms with Gasteiger partial charge in [0.25, 0.3) is 11.8 Å². The van der Waals surface area contributed by atoms with Crippen molar-refractivity contribution in [1.29, 1.82) is 0 Å². The molecular weight excluding hydrogens is 357 g/mol. The summed E-state index contributed by atoms with van der Waals surface area (Å²) in [5.41, 5.74) is 3.19. The minimum absolute atomic E-state index is 0.0588. The van der Waals surface area contributed by atoms with Gasteiger partial charge in [-0.25, -0.2) is 4.39 Å². The van der Waals surface area contributed by atoms with Gasteiger partial charge in [0.15, 0.2) is 13.1 Å². The van der Waals surface area contributed by atoms with Crippen LogP contribution in [0.5, 0.6) is 0 Å². The van der Waals surface area contributed by atoms with Crippen LogP contribution in [-0.4, -0.2) is 32.0 Å². The van der Waals surface area contributed by atoms with Gasteiger partial charge in [-0.2, -0.15) is 0 Å². The number of para-hydroxylation sites is 1. The molecular formula is C19H22ClFN3O2+. The first kappa shape index (κ1) is 19.9. The van der Waals surface area contributed by atoms with Crippen molar-refractivity contribution in [3.8, 4) is 0 Å². The Bertz CT molecular complexity index is 806. The molecule has 0 aromatic heterocycles. The van der Waals surface area contributed by atoms with Crippen molar-refractivity contribution >= 4 is 34.8 Å². The molecule has 5 nitrogen and oxygen atoms in total. The van der Waals surface area contributed by atoms with Gasteiger partial charge < -0.3 is 15.5 Å². The highest BCUT2D eigenvalue weighted by atomic mass is 35.5. The van der Waals surface area contributed by atoms with E-state index in [0.717, 1.165) is 21.7 Å². The Morgan fingerprint density at radius 1 is 1.04 bits per heavy atom. The zero-order valence-electron chi connectivity index (χ0n) is 15.0. The van der Waals surface area contributed by atoms with Crippen LogP contribution < -0.4 is 15.5 Å². The lowest BCUT2D eigenvalue weighted by Gasteiger charge is -2.15. The molecule has 2 amide bonds. The molecule has 1 atom stereocenters. The maximum Gasteiger partial charge on any atom is 0.279 e. The van der Waals surface area contributed by atoms with Gasteiger partial charge in [0, 0.05) is 11.4 Å². The number of carbonyl (C=O) groups is 2. The van der Waals surface area contributed by atoms with Gasteiger partial charge in [0.1, 0.15) is 5.82 Å². The summed E-state index contributed by atoms with van der Waals surface area (Å²) in [6.07, 6.45) is 0. The predicted octanol–water partition coefficient (Wildman–Crippen LogP) is 2.19. The minimum atomic E-state index is -0.546. The number of hydrogen-bond acceptors (Lipinski definition) is 2. The number of aryl methyl sites for hydroxylation is 2. The van der Waals surface area contributed by atoms with Crippen molar-refractivity contribution in [1.82, 2.24) is 0 Å². The van der Waals surface area contributed by atoms with Gasteiger partial charge in [-0.05, 0) is 43.2 Å². The van der Waals surface area contributed by atoms with Crippen molar-refractivity contribution in [3.05, 3.63) is 58.4 Å². The maximum atomic E-state index is 13.1. The molecule has 0 aliphatic carbocycles. The van der Waals surface area contributed by atoms with E-state index in [-0.39, 0.29) is 29.9 Å². The number of quaternary nitrogens is 1. The molecule has 2 aromatic carbocycles. The van der Waals surface area contributed by atoms with Crippen molar-refractivity contribution in [3.63, 3.8) is 0 Å². The van der Waals surface area contributed by atoms with Crippen molar-refractivity contribution < 1.29 is 18.9 Å². The fourth-order valence-electron chi connectivity index (χ4n) is 2.58. The number of halogens is 2. The Kier molecular flexibility index (Phi) is 6.71. The average Bonchev–Trinajstić information content (AvgIpc) is 2.54. The molecule has 0 spiro atoms. The van der Waals surface area contributed by atoms with Gasteiger partial charge in [0.05, 0.1) is 12.1 Å². The molecule has 138 valence electrons. The predicted molar refractivity (Wildman–Crippen MR) is 101 cm³/mol. The third-order valence-corrected chi connectivity index (χ3v) is 4.16. The van der Waals surface area contributed by atoms with Crippen LogP contribution in [0.3, 0.4) is 0 Å². The normalized spacial score (nSPS) is 11.7. The quantitative estimate of drug-likeness (QED) is 0.721. The number of hydrogen-bond donors (Lipinski definition) is 3. The largest absolute Gasteiger partial charge is 0.322 e. The van der Waals surface area contributed by atoms with Crippen LogP contribution in [0.4, 0.5) is 15.8 Å². The Balaban J connectivity index is 1.87. The van der Waals surface area contributed by atoms with Gasteiger partial charge >= 0.3 is 0 Å². The fraction of sp³-hybridized carbons (Fsp3) is 0.263. The Morgan fingerprint density at radius 2 is 1.62 bits per heavy atom. The van der Waals surface area contributed by atoms with Crippen LogP contribution in [-0.2, 0) is 9.59 Å². The molecule has 26 heavy (non-hydrogen) atoms. The van der Waals surface area contributed by atoms with Crippen LogP contribution in [0.1, 0.15) is 11.1 Å². The molecule has 0 heterocycles. The van der Waals surface area contributed by atoms with E-state index in [4.69, 9.17) is 11.6 Å². The first-order valence-corrected chi connectivity index (χ1v) is 8.56. The van der Waals surface area contributed by atoms with Crippen LogP contribution >= 0.6 is 11.6 Å². The molecule has 0 fully saturated rings. The molecule has 3 N–H and O–H groups in total. The summed E-state index contributed by atoms with van der Waals surface area (Å²) in [7, 11) is 1.75. The highest BCUT2D eigenvalue weighted by molar-refractivity contribution is 6.31. The average molecular weight is 379 g/mol. The second-order valence-electron chi connectivity index (χ2n) is 6.30. The van der Waals surface area contributed by atoms with Crippen LogP contribution in [0, 0.1) is 19.7 Å². The Morgan fingerprint density at radius 3 is 2.19 bits per heavy atom. The number of likely N-dealkylation sites (N-methyl/N-ethyl adjacent to an activating group) is 1. The monoisotopic (exact) mass is 378 g/mol. The summed E-state index contributed by atoms with van der Waals surface area (Å²) in [6, 6.07) is 9.76. The van der Waals surface area contributed by atoms with Gasteiger partial charge in [-0.1, -0.05) is 29.8 Å². The Labute approximate surface area is 157 Å². The topological polar surface area (TPSA) is 62.6 Å². The van der Waals surface area contributed by atoms with E-state index >= 15 is 0 Å². The summed E-state index contributed by atoms with van der Waals surface area (Å²) < 4.78 is 13.1. The minimum Gasteiger partial charge on any atom is -0.322 e. The molecule has 1 unspecified atom stereocenters. The number of anilines is 2. The molecule has 2 rings (SSSR count). The van der Waals surface area contributed by atoms with E-state index in [1.54, 1.807) is 7.05 Å². The van der Waals surface area contributed by atoms with Crippen molar-refractivity contribution in [2.75, 3.05) is 30.8 Å². The number of rotatable bonds is 6. The van der Waals surface area contributed by atoms with Crippen molar-refractivity contribution in [2.24, 2.45) is 0 Å². The SMILES string of the molecule is Cc1cccc(C)c1NC(=O)C[NH+](C)CC(=O)Nc1ccc(F)c(Cl)c1. The third kappa shape index (κ3) is 5.54. The van der Waals surface area contributed by atoms with E-state index in [9.17, 15) is 14.0 Å². The lowest BCUT2D eigenvalue weighted by Crippen LogP contribution is -3.11. The molecule has 0 saturated carbocycles. The summed E-state index contributed by atoms with van der Waals surface area (Å²) in [4.78, 5) is 25.0. The number of amides is 2. The standard InChI is InChI=1S/C19H21ClFN3O2/c1-12-5-4-6-13(2)19(12)23-18(26)11-24(3)10-17(25)22-14-7-8-16(21)15(20)9-14/h4-9H,10-11H2,1-3H3,(H,22,25)(H,23,26)/p+1. The van der Waals surface area contributed by atoms with E-state index in [1.165, 1.54) is 18.2 Å². The summed E-state index contributed by atoms with van der Waals surface area (Å²) >= 11 is 5.69. The van der Waals surface area contributed by atoms with E-state index < -0.39 is 5.82 Å². The molecule has 0 aliphatic rings. The van der Waals surface area contributed by atoms with Crippen LogP contribution in [0.15, 0.2) is 36.4 Å². The zero-order chi connectivity index (χ0) is 19.3. The van der Waals surface area contributed by atoms with Crippen molar-refractivity contribution in [2.45, 2.75) is 13.8 Å². The summed E-state index contributed by atoms with van der Waals surface area (Å²) in [6.45, 7) is 4.10. The Hall–Kier alpha value is -2.44. The molecule has 0 radical (unpaired) electrons. The zero-order valence-corrected chi connectivity index (χ0v) is 15.7. The number of carbonyl (C=O) groups excluding carboxylic acids is 2. The molecule has 0 bridgehead atoms. The molecule has 7 heteroatoms. The second kappa shape index (κ2) is 8.78. The van der Waals surface area contributed by atoms with Gasteiger partial charge in [-0.3, -0.25) is 9.59 Å². The van der Waals surface area contributed by atoms with Crippen LogP contribution in [0.2, 0.25) is 5.02 Å². The molecule has 2 aromatic rings. The number of nitrogens with one attached hydrogen (secondary N) is 3. The third-order valence-electron chi connectivity index (χ3n) is 3.87. The summed E-state index contributed by atoms with van der Waals surface area (Å²) in [5, 5.41) is 5.48. The van der Waals surface area contributed by atoms with E-state index in [1.807, 2.05) is 32.0 Å². The first-order chi connectivity index (χ1) is 12.3. The van der Waals surface area contributed by atoms with E-state index in [0.29, 0.717) is 5.69 Å². The van der Waals surface area contributed by atoms with E-state index in [2.05, 4.69) is 10.6 Å². The van der Waals surface area contributed by atoms with Crippen LogP contribution in [0.25, 0.3) is 0 Å². The second-order valence-corrected chi connectivity index (χ2v) is 6.71. The molecule has 0 saturated heterocycles.